The second-order valence-corrected chi connectivity index (χ2v) is 7.35. The van der Waals surface area contributed by atoms with Crippen LogP contribution in [0.1, 0.15) is 23.2 Å². The summed E-state index contributed by atoms with van der Waals surface area (Å²) in [7, 11) is -3.13. The van der Waals surface area contributed by atoms with Crippen LogP contribution in [0.2, 0.25) is 0 Å². The third-order valence-corrected chi connectivity index (χ3v) is 5.27. The van der Waals surface area contributed by atoms with Crippen LogP contribution in [0, 0.1) is 12.8 Å². The molecule has 1 aliphatic heterocycles. The van der Waals surface area contributed by atoms with Crippen LogP contribution < -0.4 is 5.43 Å². The molecule has 2 heterocycles. The summed E-state index contributed by atoms with van der Waals surface area (Å²) in [5, 5.41) is 22.8. The van der Waals surface area contributed by atoms with Crippen molar-refractivity contribution >= 4 is 22.0 Å². The summed E-state index contributed by atoms with van der Waals surface area (Å²) < 4.78 is 22.6. The van der Waals surface area contributed by atoms with Gasteiger partial charge < -0.3 is 10.2 Å². The smallest absolute Gasteiger partial charge is 0.244 e. The summed E-state index contributed by atoms with van der Waals surface area (Å²) >= 11 is 0. The molecular formula is C13H17N3O5S. The van der Waals surface area contributed by atoms with E-state index in [1.54, 1.807) is 6.92 Å². The van der Waals surface area contributed by atoms with Crippen LogP contribution in [-0.4, -0.2) is 47.2 Å². The summed E-state index contributed by atoms with van der Waals surface area (Å²) in [5.74, 6) is -1.38. The van der Waals surface area contributed by atoms with Gasteiger partial charge in [0.05, 0.1) is 35.9 Å². The van der Waals surface area contributed by atoms with Crippen molar-refractivity contribution in [1.29, 1.82) is 0 Å². The van der Waals surface area contributed by atoms with Crippen LogP contribution in [0.4, 0.5) is 0 Å². The zero-order valence-corrected chi connectivity index (χ0v) is 12.8. The van der Waals surface area contributed by atoms with Gasteiger partial charge in [-0.2, -0.15) is 5.10 Å². The van der Waals surface area contributed by atoms with E-state index in [2.05, 4.69) is 15.5 Å². The van der Waals surface area contributed by atoms with Crippen molar-refractivity contribution in [2.24, 2.45) is 11.0 Å². The molecule has 0 aliphatic carbocycles. The van der Waals surface area contributed by atoms with Gasteiger partial charge in [-0.15, -0.1) is 0 Å². The maximum Gasteiger partial charge on any atom is 0.244 e. The third-order valence-electron chi connectivity index (χ3n) is 3.50. The van der Waals surface area contributed by atoms with Gasteiger partial charge >= 0.3 is 0 Å². The lowest BCUT2D eigenvalue weighted by molar-refractivity contribution is -0.124. The van der Waals surface area contributed by atoms with E-state index < -0.39 is 21.7 Å². The van der Waals surface area contributed by atoms with Gasteiger partial charge in [-0.25, -0.2) is 13.8 Å². The molecule has 1 aliphatic rings. The summed E-state index contributed by atoms with van der Waals surface area (Å²) in [6.45, 7) is 1.26. The Bertz CT molecular complexity index is 715. The van der Waals surface area contributed by atoms with Gasteiger partial charge in [0.15, 0.2) is 9.84 Å². The van der Waals surface area contributed by atoms with Crippen LogP contribution in [0.5, 0.6) is 5.75 Å². The molecule has 1 saturated heterocycles. The molecule has 1 amide bonds. The number of aliphatic hydroxyl groups excluding tert-OH is 1. The van der Waals surface area contributed by atoms with Crippen LogP contribution >= 0.6 is 0 Å². The molecule has 3 N–H and O–H groups in total. The monoisotopic (exact) mass is 327 g/mol. The molecular weight excluding hydrogens is 310 g/mol. The summed E-state index contributed by atoms with van der Waals surface area (Å²) in [6, 6.07) is 0. The molecule has 0 unspecified atom stereocenters. The molecule has 0 saturated carbocycles. The van der Waals surface area contributed by atoms with Gasteiger partial charge in [-0.1, -0.05) is 0 Å². The highest BCUT2D eigenvalue weighted by Crippen LogP contribution is 2.22. The quantitative estimate of drug-likeness (QED) is 0.504. The number of nitrogens with one attached hydrogen (secondary N) is 1. The lowest BCUT2D eigenvalue weighted by Crippen LogP contribution is -2.27. The maximum absolute atomic E-state index is 11.8. The lowest BCUT2D eigenvalue weighted by Gasteiger charge is -2.08. The normalized spacial score (nSPS) is 20.4. The molecule has 9 heteroatoms. The average molecular weight is 327 g/mol. The zero-order valence-electron chi connectivity index (χ0n) is 12.0. The molecule has 22 heavy (non-hydrogen) atoms. The van der Waals surface area contributed by atoms with E-state index in [4.69, 9.17) is 0 Å². The number of carbonyl (C=O) groups excluding carboxylic acids is 1. The molecule has 0 aromatic carbocycles. The SMILES string of the molecule is Cc1ncc(CO)c(/C=N/NC(=O)[C@H]2CCS(=O)(=O)C2)c1O. The van der Waals surface area contributed by atoms with Crippen LogP contribution in [0.15, 0.2) is 11.3 Å². The minimum absolute atomic E-state index is 0.00774. The first-order valence-corrected chi connectivity index (χ1v) is 8.48. The number of rotatable bonds is 4. The maximum atomic E-state index is 11.8. The van der Waals surface area contributed by atoms with E-state index in [0.29, 0.717) is 11.3 Å². The molecule has 1 aromatic heterocycles. The number of pyridine rings is 1. The summed E-state index contributed by atoms with van der Waals surface area (Å²) in [4.78, 5) is 15.7. The first-order chi connectivity index (χ1) is 10.3. The number of aromatic nitrogens is 1. The van der Waals surface area contributed by atoms with Crippen LogP contribution in [0.25, 0.3) is 0 Å². The molecule has 1 fully saturated rings. The Kier molecular flexibility index (Phi) is 4.77. The van der Waals surface area contributed by atoms with E-state index in [1.165, 1.54) is 12.4 Å². The molecule has 1 atom stereocenters. The molecule has 120 valence electrons. The van der Waals surface area contributed by atoms with Gasteiger partial charge in [0.1, 0.15) is 5.75 Å². The second kappa shape index (κ2) is 6.41. The number of sulfone groups is 1. The third kappa shape index (κ3) is 3.60. The molecule has 0 radical (unpaired) electrons. The van der Waals surface area contributed by atoms with Crippen molar-refractivity contribution in [3.05, 3.63) is 23.0 Å². The number of hydrazone groups is 1. The number of nitrogens with zero attached hydrogens (tertiary/aromatic N) is 2. The minimum Gasteiger partial charge on any atom is -0.505 e. The molecule has 0 spiro atoms. The van der Waals surface area contributed by atoms with E-state index in [9.17, 15) is 23.4 Å². The predicted molar refractivity (Wildman–Crippen MR) is 79.1 cm³/mol. The minimum atomic E-state index is -3.13. The highest BCUT2D eigenvalue weighted by molar-refractivity contribution is 7.91. The number of aryl methyl sites for hydroxylation is 1. The fraction of sp³-hybridized carbons (Fsp3) is 0.462. The van der Waals surface area contributed by atoms with Crippen molar-refractivity contribution < 1.29 is 23.4 Å². The van der Waals surface area contributed by atoms with Gasteiger partial charge in [-0.3, -0.25) is 9.78 Å². The first-order valence-electron chi connectivity index (χ1n) is 6.65. The predicted octanol–water partition coefficient (Wildman–Crippen LogP) is -0.527. The Labute approximate surface area is 127 Å². The second-order valence-electron chi connectivity index (χ2n) is 5.12. The number of hydrogen-bond donors (Lipinski definition) is 3. The summed E-state index contributed by atoms with van der Waals surface area (Å²) in [5.41, 5.74) is 3.25. The highest BCUT2D eigenvalue weighted by atomic mass is 32.2. The van der Waals surface area contributed by atoms with Crippen molar-refractivity contribution in [1.82, 2.24) is 10.4 Å². The molecule has 8 nitrogen and oxygen atoms in total. The first kappa shape index (κ1) is 16.4. The Morgan fingerprint density at radius 1 is 1.59 bits per heavy atom. The van der Waals surface area contributed by atoms with Gasteiger partial charge in [0, 0.05) is 17.3 Å². The molecule has 0 bridgehead atoms. The van der Waals surface area contributed by atoms with Gasteiger partial charge in [-0.05, 0) is 13.3 Å². The van der Waals surface area contributed by atoms with Crippen LogP contribution in [0.3, 0.4) is 0 Å². The van der Waals surface area contributed by atoms with Crippen molar-refractivity contribution in [2.75, 3.05) is 11.5 Å². The standard InChI is InChI=1S/C13H17N3O5S/c1-8-12(18)11(10(6-17)4-14-8)5-15-16-13(19)9-2-3-22(20,21)7-9/h4-5,9,17-18H,2-3,6-7H2,1H3,(H,16,19)/b15-5+/t9-/m0/s1. The molecule has 1 aromatic rings. The van der Waals surface area contributed by atoms with Gasteiger partial charge in [0.2, 0.25) is 5.91 Å². The number of amides is 1. The van der Waals surface area contributed by atoms with E-state index >= 15 is 0 Å². The number of hydrogen-bond acceptors (Lipinski definition) is 7. The Morgan fingerprint density at radius 2 is 2.32 bits per heavy atom. The number of carbonyl (C=O) groups is 1. The van der Waals surface area contributed by atoms with E-state index in [1.807, 2.05) is 0 Å². The van der Waals surface area contributed by atoms with Crippen molar-refractivity contribution in [3.63, 3.8) is 0 Å². The zero-order chi connectivity index (χ0) is 16.3. The number of aliphatic hydroxyl groups is 1. The topological polar surface area (TPSA) is 129 Å². The van der Waals surface area contributed by atoms with Crippen LogP contribution in [-0.2, 0) is 21.2 Å². The van der Waals surface area contributed by atoms with E-state index in [-0.39, 0.29) is 35.8 Å². The Balaban J connectivity index is 2.07. The van der Waals surface area contributed by atoms with Crippen molar-refractivity contribution in [2.45, 2.75) is 20.0 Å². The fourth-order valence-electron chi connectivity index (χ4n) is 2.18. The van der Waals surface area contributed by atoms with Gasteiger partial charge in [0.25, 0.3) is 0 Å². The van der Waals surface area contributed by atoms with E-state index in [0.717, 1.165) is 0 Å². The Hall–Kier alpha value is -2.00. The largest absolute Gasteiger partial charge is 0.505 e. The summed E-state index contributed by atoms with van der Waals surface area (Å²) in [6.07, 6.45) is 2.89. The Morgan fingerprint density at radius 3 is 2.91 bits per heavy atom. The fourth-order valence-corrected chi connectivity index (χ4v) is 3.92. The number of aromatic hydroxyl groups is 1. The average Bonchev–Trinajstić information content (AvgIpc) is 2.84. The molecule has 2 rings (SSSR count). The highest BCUT2D eigenvalue weighted by Gasteiger charge is 2.32. The van der Waals surface area contributed by atoms with Crippen molar-refractivity contribution in [3.8, 4) is 5.75 Å². The lowest BCUT2D eigenvalue weighted by atomic mass is 10.1.